The Morgan fingerprint density at radius 1 is 0.840 bits per heavy atom. The summed E-state index contributed by atoms with van der Waals surface area (Å²) in [7, 11) is 0. The molecule has 0 aromatic heterocycles. The van der Waals surface area contributed by atoms with Gasteiger partial charge in [0.2, 0.25) is 0 Å². The van der Waals surface area contributed by atoms with Gasteiger partial charge >= 0.3 is 0 Å². The van der Waals surface area contributed by atoms with Crippen LogP contribution in [0.2, 0.25) is 0 Å². The lowest BCUT2D eigenvalue weighted by molar-refractivity contribution is -0.196. The number of benzene rings is 1. The van der Waals surface area contributed by atoms with Crippen molar-refractivity contribution >= 4 is 0 Å². The number of fused-ring (bicyclic) bond motifs is 3. The fourth-order valence-corrected chi connectivity index (χ4v) is 4.00. The molecule has 3 fully saturated rings. The number of rotatable bonds is 3. The van der Waals surface area contributed by atoms with Gasteiger partial charge in [-0.05, 0) is 33.3 Å². The van der Waals surface area contributed by atoms with Crippen LogP contribution in [0.4, 0.5) is 0 Å². The van der Waals surface area contributed by atoms with Crippen LogP contribution in [-0.2, 0) is 30.3 Å². The van der Waals surface area contributed by atoms with E-state index in [-0.39, 0.29) is 12.2 Å². The molecule has 2 saturated heterocycles. The van der Waals surface area contributed by atoms with Crippen LogP contribution in [0.5, 0.6) is 0 Å². The van der Waals surface area contributed by atoms with Crippen molar-refractivity contribution in [1.82, 2.24) is 0 Å². The SMILES string of the molecule is CC1(C)O[C@H]2[C@@H](O1)[C@H](OCc1ccccc1)[C@@H](O)[C@@H]1OC(C)(C)O[C@H]21. The van der Waals surface area contributed by atoms with Crippen LogP contribution in [0.25, 0.3) is 0 Å². The van der Waals surface area contributed by atoms with Gasteiger partial charge in [-0.3, -0.25) is 0 Å². The van der Waals surface area contributed by atoms with Crippen LogP contribution in [0.3, 0.4) is 0 Å². The van der Waals surface area contributed by atoms with Crippen molar-refractivity contribution in [2.75, 3.05) is 0 Å². The van der Waals surface area contributed by atoms with Crippen LogP contribution in [0.1, 0.15) is 33.3 Å². The lowest BCUT2D eigenvalue weighted by Gasteiger charge is -2.40. The average Bonchev–Trinajstić information content (AvgIpc) is 3.04. The van der Waals surface area contributed by atoms with Gasteiger partial charge in [0.25, 0.3) is 0 Å². The van der Waals surface area contributed by atoms with Gasteiger partial charge in [0.15, 0.2) is 11.6 Å². The Labute approximate surface area is 148 Å². The molecule has 1 aromatic carbocycles. The minimum absolute atomic E-state index is 0.342. The third-order valence-corrected chi connectivity index (χ3v) is 4.93. The molecule has 1 saturated carbocycles. The summed E-state index contributed by atoms with van der Waals surface area (Å²) in [5, 5.41) is 10.9. The van der Waals surface area contributed by atoms with E-state index >= 15 is 0 Å². The first-order chi connectivity index (χ1) is 11.8. The summed E-state index contributed by atoms with van der Waals surface area (Å²) in [6.07, 6.45) is -3.04. The molecule has 1 aliphatic carbocycles. The van der Waals surface area contributed by atoms with E-state index in [1.807, 2.05) is 58.0 Å². The Morgan fingerprint density at radius 2 is 1.36 bits per heavy atom. The summed E-state index contributed by atoms with van der Waals surface area (Å²) in [5.41, 5.74) is 1.04. The molecule has 1 N–H and O–H groups in total. The zero-order chi connectivity index (χ0) is 17.8. The van der Waals surface area contributed by atoms with Crippen molar-refractivity contribution in [3.63, 3.8) is 0 Å². The quantitative estimate of drug-likeness (QED) is 0.899. The highest BCUT2D eigenvalue weighted by atomic mass is 16.8. The predicted octanol–water partition coefficient (Wildman–Crippen LogP) is 1.99. The Morgan fingerprint density at radius 3 is 2.00 bits per heavy atom. The molecule has 0 bridgehead atoms. The van der Waals surface area contributed by atoms with Gasteiger partial charge in [0.05, 0.1) is 6.61 Å². The highest BCUT2D eigenvalue weighted by molar-refractivity contribution is 5.14. The second kappa shape index (κ2) is 6.01. The smallest absolute Gasteiger partial charge is 0.164 e. The highest BCUT2D eigenvalue weighted by Crippen LogP contribution is 2.45. The van der Waals surface area contributed by atoms with E-state index < -0.39 is 36.0 Å². The molecule has 0 radical (unpaired) electrons. The first-order valence-corrected chi connectivity index (χ1v) is 8.81. The first kappa shape index (κ1) is 17.4. The van der Waals surface area contributed by atoms with E-state index in [9.17, 15) is 5.11 Å². The minimum Gasteiger partial charge on any atom is -0.387 e. The topological polar surface area (TPSA) is 66.4 Å². The second-order valence-electron chi connectivity index (χ2n) is 7.88. The summed E-state index contributed by atoms with van der Waals surface area (Å²) >= 11 is 0. The molecule has 0 spiro atoms. The summed E-state index contributed by atoms with van der Waals surface area (Å²) in [5.74, 6) is -1.53. The molecule has 2 aliphatic heterocycles. The van der Waals surface area contributed by atoms with E-state index in [1.165, 1.54) is 0 Å². The maximum Gasteiger partial charge on any atom is 0.164 e. The number of aliphatic hydroxyl groups is 1. The fourth-order valence-electron chi connectivity index (χ4n) is 4.00. The zero-order valence-corrected chi connectivity index (χ0v) is 15.0. The molecule has 4 rings (SSSR count). The van der Waals surface area contributed by atoms with Crippen molar-refractivity contribution in [3.8, 4) is 0 Å². The van der Waals surface area contributed by atoms with Crippen molar-refractivity contribution in [1.29, 1.82) is 0 Å². The van der Waals surface area contributed by atoms with Gasteiger partial charge in [-0.1, -0.05) is 30.3 Å². The van der Waals surface area contributed by atoms with E-state index in [0.717, 1.165) is 5.56 Å². The predicted molar refractivity (Wildman–Crippen MR) is 88.7 cm³/mol. The van der Waals surface area contributed by atoms with Gasteiger partial charge in [-0.25, -0.2) is 0 Å². The maximum absolute atomic E-state index is 10.9. The molecule has 6 atom stereocenters. The molecule has 6 nitrogen and oxygen atoms in total. The van der Waals surface area contributed by atoms with Gasteiger partial charge in [-0.15, -0.1) is 0 Å². The number of aliphatic hydroxyl groups excluding tert-OH is 1. The summed E-state index contributed by atoms with van der Waals surface area (Å²) in [6.45, 7) is 7.79. The standard InChI is InChI=1S/C19H26O6/c1-18(2)22-14-12(20)13(21-10-11-8-6-5-7-9-11)15-17(16(14)24-18)25-19(3,4)23-15/h5-9,12-17,20H,10H2,1-4H3/t12-,13-,14+,15+,16+,17+/m1/s1. The first-order valence-electron chi connectivity index (χ1n) is 8.81. The molecule has 2 heterocycles. The number of ether oxygens (including phenoxy) is 5. The number of hydrogen-bond acceptors (Lipinski definition) is 6. The van der Waals surface area contributed by atoms with Crippen molar-refractivity contribution in [3.05, 3.63) is 35.9 Å². The van der Waals surface area contributed by atoms with Crippen molar-refractivity contribution < 1.29 is 28.8 Å². The lowest BCUT2D eigenvalue weighted by atomic mass is 9.85. The van der Waals surface area contributed by atoms with Crippen LogP contribution in [-0.4, -0.2) is 53.3 Å². The van der Waals surface area contributed by atoms with Crippen LogP contribution in [0.15, 0.2) is 30.3 Å². The minimum atomic E-state index is -0.853. The van der Waals surface area contributed by atoms with Crippen molar-refractivity contribution in [2.45, 2.75) is 82.5 Å². The molecule has 0 unspecified atom stereocenters. The molecular formula is C19H26O6. The molecular weight excluding hydrogens is 324 g/mol. The Hall–Kier alpha value is -1.02. The van der Waals surface area contributed by atoms with Crippen molar-refractivity contribution in [2.24, 2.45) is 0 Å². The molecule has 138 valence electrons. The molecule has 25 heavy (non-hydrogen) atoms. The second-order valence-corrected chi connectivity index (χ2v) is 7.88. The molecule has 0 amide bonds. The third-order valence-electron chi connectivity index (χ3n) is 4.93. The van der Waals surface area contributed by atoms with Gasteiger partial charge in [0.1, 0.15) is 36.6 Å². The maximum atomic E-state index is 10.9. The lowest BCUT2D eigenvalue weighted by Crippen LogP contribution is -2.62. The van der Waals surface area contributed by atoms with Crippen LogP contribution < -0.4 is 0 Å². The zero-order valence-electron chi connectivity index (χ0n) is 15.0. The van der Waals surface area contributed by atoms with E-state index in [0.29, 0.717) is 6.61 Å². The van der Waals surface area contributed by atoms with E-state index in [2.05, 4.69) is 0 Å². The largest absolute Gasteiger partial charge is 0.387 e. The van der Waals surface area contributed by atoms with Gasteiger partial charge < -0.3 is 28.8 Å². The summed E-state index contributed by atoms with van der Waals surface area (Å²) in [4.78, 5) is 0. The Bertz CT molecular complexity index is 616. The van der Waals surface area contributed by atoms with Crippen LogP contribution >= 0.6 is 0 Å². The highest BCUT2D eigenvalue weighted by Gasteiger charge is 2.63. The van der Waals surface area contributed by atoms with Crippen LogP contribution in [0, 0.1) is 0 Å². The van der Waals surface area contributed by atoms with E-state index in [1.54, 1.807) is 0 Å². The Kier molecular flexibility index (Phi) is 4.18. The summed E-state index contributed by atoms with van der Waals surface area (Å²) < 4.78 is 30.1. The van der Waals surface area contributed by atoms with Gasteiger partial charge in [-0.2, -0.15) is 0 Å². The molecule has 1 aromatic rings. The Balaban J connectivity index is 1.57. The van der Waals surface area contributed by atoms with Gasteiger partial charge in [0, 0.05) is 0 Å². The molecule has 6 heteroatoms. The summed E-state index contributed by atoms with van der Waals surface area (Å²) in [6, 6.07) is 9.86. The monoisotopic (exact) mass is 350 g/mol. The average molecular weight is 350 g/mol. The third kappa shape index (κ3) is 3.23. The molecule has 3 aliphatic rings. The van der Waals surface area contributed by atoms with E-state index in [4.69, 9.17) is 23.7 Å². The number of hydrogen-bond donors (Lipinski definition) is 1. The normalized spacial score (nSPS) is 41.3. The fraction of sp³-hybridized carbons (Fsp3) is 0.684.